The summed E-state index contributed by atoms with van der Waals surface area (Å²) in [6.07, 6.45) is 7.97. The molecule has 1 aromatic heterocycles. The van der Waals surface area contributed by atoms with Crippen LogP contribution in [0, 0.1) is 0 Å². The molecule has 0 aliphatic rings. The fraction of sp³-hybridized carbons (Fsp3) is 0.292. The Hall–Kier alpha value is -3.61. The minimum Gasteiger partial charge on any atom is -0.368 e. The fourth-order valence-electron chi connectivity index (χ4n) is 3.02. The highest BCUT2D eigenvalue weighted by atomic mass is 15.2. The lowest BCUT2D eigenvalue weighted by Crippen LogP contribution is -2.28. The highest BCUT2D eigenvalue weighted by Gasteiger charge is 2.07. The van der Waals surface area contributed by atoms with Crippen molar-refractivity contribution in [2.24, 2.45) is 27.5 Å². The molecular weight excluding hydrogens is 386 g/mol. The molecule has 31 heavy (non-hydrogen) atoms. The summed E-state index contributed by atoms with van der Waals surface area (Å²) in [6, 6.07) is 15.9. The molecule has 7 heteroatoms. The number of likely N-dealkylation sites (N-methyl/N-ethyl adjacent to an activating group) is 1. The molecule has 0 fully saturated rings. The van der Waals surface area contributed by atoms with E-state index in [1.54, 1.807) is 6.21 Å². The third-order valence-electron chi connectivity index (χ3n) is 4.69. The van der Waals surface area contributed by atoms with Crippen molar-refractivity contribution in [3.8, 4) is 0 Å². The number of anilines is 1. The van der Waals surface area contributed by atoms with Crippen molar-refractivity contribution in [1.82, 2.24) is 4.57 Å². The van der Waals surface area contributed by atoms with Gasteiger partial charge < -0.3 is 4.90 Å². The van der Waals surface area contributed by atoms with Gasteiger partial charge in [-0.05, 0) is 62.7 Å². The van der Waals surface area contributed by atoms with Crippen LogP contribution in [-0.2, 0) is 13.6 Å². The first-order chi connectivity index (χ1) is 15.0. The Kier molecular flexibility index (Phi) is 7.81. The maximum absolute atomic E-state index is 4.36. The van der Waals surface area contributed by atoms with Gasteiger partial charge in [-0.2, -0.15) is 20.4 Å². The minimum absolute atomic E-state index is 0.798. The van der Waals surface area contributed by atoms with Gasteiger partial charge in [0.2, 0.25) is 6.33 Å². The van der Waals surface area contributed by atoms with Crippen molar-refractivity contribution >= 4 is 29.0 Å². The lowest BCUT2D eigenvalue weighted by Gasteiger charge is -2.22. The molecule has 0 unspecified atom stereocenters. The maximum atomic E-state index is 4.36. The number of hydrogen-bond donors (Lipinski definition) is 0. The first-order valence-electron chi connectivity index (χ1n) is 10.5. The van der Waals surface area contributed by atoms with Crippen LogP contribution in [0.15, 0.2) is 87.7 Å². The average molecular weight is 417 g/mol. The van der Waals surface area contributed by atoms with Gasteiger partial charge in [-0.15, -0.1) is 0 Å². The summed E-state index contributed by atoms with van der Waals surface area (Å²) >= 11 is 0. The summed E-state index contributed by atoms with van der Waals surface area (Å²) < 4.78 is 4.25. The smallest absolute Gasteiger partial charge is 0.243 e. The van der Waals surface area contributed by atoms with Gasteiger partial charge in [0, 0.05) is 17.9 Å². The average Bonchev–Trinajstić information content (AvgIpc) is 3.19. The van der Waals surface area contributed by atoms with E-state index in [1.807, 2.05) is 57.3 Å². The molecule has 2 aromatic carbocycles. The Bertz CT molecular complexity index is 1040. The fourth-order valence-corrected chi connectivity index (χ4v) is 3.02. The summed E-state index contributed by atoms with van der Waals surface area (Å²) in [7, 11) is 2.04. The number of azo groups is 1. The Morgan fingerprint density at radius 3 is 2.19 bits per heavy atom. The van der Waals surface area contributed by atoms with Crippen LogP contribution in [0.3, 0.4) is 0 Å². The van der Waals surface area contributed by atoms with Crippen molar-refractivity contribution in [3.63, 3.8) is 0 Å². The molecular formula is C24H30N7+. The zero-order valence-corrected chi connectivity index (χ0v) is 18.7. The number of imidazole rings is 1. The zero-order valence-electron chi connectivity index (χ0n) is 18.7. The van der Waals surface area contributed by atoms with Crippen molar-refractivity contribution in [2.75, 3.05) is 18.0 Å². The lowest BCUT2D eigenvalue weighted by atomic mass is 10.2. The molecule has 0 N–H and O–H groups in total. The second-order valence-corrected chi connectivity index (χ2v) is 7.50. The number of hydrogen-bond acceptors (Lipinski definition) is 5. The normalized spacial score (nSPS) is 11.4. The molecule has 0 saturated carbocycles. The highest BCUT2D eigenvalue weighted by molar-refractivity contribution is 5.83. The van der Waals surface area contributed by atoms with Crippen molar-refractivity contribution in [3.05, 3.63) is 72.8 Å². The predicted octanol–water partition coefficient (Wildman–Crippen LogP) is 5.07. The van der Waals surface area contributed by atoms with E-state index in [4.69, 9.17) is 0 Å². The van der Waals surface area contributed by atoms with Crippen molar-refractivity contribution < 1.29 is 4.57 Å². The molecule has 0 spiro atoms. The van der Waals surface area contributed by atoms with Gasteiger partial charge in [0.05, 0.1) is 31.2 Å². The Morgan fingerprint density at radius 2 is 1.65 bits per heavy atom. The van der Waals surface area contributed by atoms with Crippen LogP contribution in [0.25, 0.3) is 0 Å². The Balaban J connectivity index is 1.58. The van der Waals surface area contributed by atoms with Crippen molar-refractivity contribution in [1.29, 1.82) is 0 Å². The maximum Gasteiger partial charge on any atom is 0.243 e. The molecule has 1 heterocycles. The standard InChI is InChI=1S/C24H30N7/c1-5-31(17-16-30-15-14-29(4)19-30)24-12-10-23(11-13-24)28-27-22-8-6-21(7-9-22)18-25-26-20(2)3/h6-15,18-19H,5,16-17H2,1-4H3/q+1/b25-18+,28-27?. The summed E-state index contributed by atoms with van der Waals surface area (Å²) in [5.74, 6) is 0. The third kappa shape index (κ3) is 6.99. The van der Waals surface area contributed by atoms with Gasteiger partial charge in [-0.1, -0.05) is 12.1 Å². The van der Waals surface area contributed by atoms with Gasteiger partial charge in [0.15, 0.2) is 0 Å². The monoisotopic (exact) mass is 416 g/mol. The number of rotatable bonds is 9. The molecule has 160 valence electrons. The van der Waals surface area contributed by atoms with E-state index in [0.717, 1.165) is 42.3 Å². The minimum atomic E-state index is 0.798. The second kappa shape index (κ2) is 11.0. The topological polar surface area (TPSA) is 61.5 Å². The molecule has 0 aliphatic carbocycles. The van der Waals surface area contributed by atoms with Crippen LogP contribution >= 0.6 is 0 Å². The molecule has 3 aromatic rings. The Morgan fingerprint density at radius 1 is 1.00 bits per heavy atom. The number of aryl methyl sites for hydroxylation is 1. The second-order valence-electron chi connectivity index (χ2n) is 7.50. The molecule has 0 atom stereocenters. The molecule has 3 rings (SSSR count). The molecule has 0 radical (unpaired) electrons. The quantitative estimate of drug-likeness (QED) is 0.208. The zero-order chi connectivity index (χ0) is 22.1. The van der Waals surface area contributed by atoms with Crippen molar-refractivity contribution in [2.45, 2.75) is 27.3 Å². The molecule has 0 aliphatic heterocycles. The van der Waals surface area contributed by atoms with E-state index in [2.05, 4.69) is 72.2 Å². The molecule has 0 saturated heterocycles. The summed E-state index contributed by atoms with van der Waals surface area (Å²) in [4.78, 5) is 2.35. The Labute approximate surface area is 184 Å². The van der Waals surface area contributed by atoms with E-state index in [-0.39, 0.29) is 0 Å². The van der Waals surface area contributed by atoms with E-state index in [9.17, 15) is 0 Å². The SMILES string of the molecule is CCN(CCn1cc[n+](C)c1)c1ccc(N=Nc2ccc(/C=N/N=C(C)C)cc2)cc1. The highest BCUT2D eigenvalue weighted by Crippen LogP contribution is 2.22. The van der Waals surface area contributed by atoms with Crippen LogP contribution in [0.4, 0.5) is 17.1 Å². The van der Waals surface area contributed by atoms with E-state index >= 15 is 0 Å². The lowest BCUT2D eigenvalue weighted by molar-refractivity contribution is -0.671. The van der Waals surface area contributed by atoms with Crippen LogP contribution in [-0.4, -0.2) is 29.6 Å². The van der Waals surface area contributed by atoms with Gasteiger partial charge in [0.25, 0.3) is 0 Å². The first-order valence-corrected chi connectivity index (χ1v) is 10.5. The summed E-state index contributed by atoms with van der Waals surface area (Å²) in [5, 5.41) is 16.7. The van der Waals surface area contributed by atoms with E-state index in [1.165, 1.54) is 5.69 Å². The third-order valence-corrected chi connectivity index (χ3v) is 4.69. The largest absolute Gasteiger partial charge is 0.368 e. The number of aromatic nitrogens is 2. The van der Waals surface area contributed by atoms with Crippen LogP contribution in [0.1, 0.15) is 26.3 Å². The first kappa shape index (κ1) is 22.1. The van der Waals surface area contributed by atoms with E-state index < -0.39 is 0 Å². The van der Waals surface area contributed by atoms with E-state index in [0.29, 0.717) is 0 Å². The van der Waals surface area contributed by atoms with Gasteiger partial charge in [-0.3, -0.25) is 0 Å². The van der Waals surface area contributed by atoms with Crippen LogP contribution in [0.5, 0.6) is 0 Å². The molecule has 0 bridgehead atoms. The number of nitrogens with zero attached hydrogens (tertiary/aromatic N) is 7. The summed E-state index contributed by atoms with van der Waals surface area (Å²) in [5.41, 5.74) is 4.71. The summed E-state index contributed by atoms with van der Waals surface area (Å²) in [6.45, 7) is 8.85. The van der Waals surface area contributed by atoms with Gasteiger partial charge in [0.1, 0.15) is 18.9 Å². The number of benzene rings is 2. The molecule has 7 nitrogen and oxygen atoms in total. The predicted molar refractivity (Wildman–Crippen MR) is 127 cm³/mol. The van der Waals surface area contributed by atoms with Gasteiger partial charge >= 0.3 is 0 Å². The van der Waals surface area contributed by atoms with Crippen LogP contribution in [0.2, 0.25) is 0 Å². The molecule has 0 amide bonds. The van der Waals surface area contributed by atoms with Gasteiger partial charge in [-0.25, -0.2) is 9.13 Å². The van der Waals surface area contributed by atoms with Crippen LogP contribution < -0.4 is 9.47 Å².